The third kappa shape index (κ3) is 1.66. The second-order valence-electron chi connectivity index (χ2n) is 3.93. The molecule has 0 bridgehead atoms. The largest absolute Gasteiger partial charge is 0.464 e. The second-order valence-corrected chi connectivity index (χ2v) is 3.93. The first kappa shape index (κ1) is 9.28. The lowest BCUT2D eigenvalue weighted by Gasteiger charge is -2.04. The molecule has 2 aromatic rings. The molecule has 0 aliphatic heterocycles. The summed E-state index contributed by atoms with van der Waals surface area (Å²) in [6.45, 7) is 4.06. The topological polar surface area (TPSA) is 39.2 Å². The molecule has 2 heteroatoms. The molecular weight excluding hydrogens is 174 g/mol. The van der Waals surface area contributed by atoms with Crippen LogP contribution in [0.3, 0.4) is 0 Å². The zero-order valence-electron chi connectivity index (χ0n) is 8.58. The maximum Gasteiger partial charge on any atom is 0.134 e. The van der Waals surface area contributed by atoms with E-state index in [0.717, 1.165) is 12.0 Å². The highest BCUT2D eigenvalue weighted by molar-refractivity contribution is 5.81. The highest BCUT2D eigenvalue weighted by Crippen LogP contribution is 2.21. The van der Waals surface area contributed by atoms with E-state index in [1.54, 1.807) is 6.26 Å². The predicted molar refractivity (Wildman–Crippen MR) is 58.3 cm³/mol. The summed E-state index contributed by atoms with van der Waals surface area (Å²) in [5.41, 5.74) is 9.13. The van der Waals surface area contributed by atoms with Gasteiger partial charge in [-0.1, -0.05) is 12.1 Å². The van der Waals surface area contributed by atoms with Gasteiger partial charge in [-0.2, -0.15) is 0 Å². The number of hydrogen-bond donors (Lipinski definition) is 1. The molecule has 0 saturated heterocycles. The maximum atomic E-state index is 5.74. The van der Waals surface area contributed by atoms with Crippen molar-refractivity contribution in [1.29, 1.82) is 0 Å². The molecule has 0 aliphatic rings. The van der Waals surface area contributed by atoms with Crippen molar-refractivity contribution in [3.63, 3.8) is 0 Å². The number of hydrogen-bond acceptors (Lipinski definition) is 2. The second kappa shape index (κ2) is 3.46. The summed E-state index contributed by atoms with van der Waals surface area (Å²) in [6, 6.07) is 6.50. The first-order valence-corrected chi connectivity index (χ1v) is 4.89. The number of aryl methyl sites for hydroxylation is 1. The number of fused-ring (bicyclic) bond motifs is 1. The Kier molecular flexibility index (Phi) is 2.30. The number of nitrogens with two attached hydrogens (primary N) is 1. The molecule has 14 heavy (non-hydrogen) atoms. The summed E-state index contributed by atoms with van der Waals surface area (Å²) in [5.74, 6) is 0. The minimum Gasteiger partial charge on any atom is -0.464 e. The fraction of sp³-hybridized carbons (Fsp3) is 0.333. The Bertz CT molecular complexity index is 443. The van der Waals surface area contributed by atoms with Gasteiger partial charge in [0, 0.05) is 11.4 Å². The van der Waals surface area contributed by atoms with Gasteiger partial charge in [0.25, 0.3) is 0 Å². The van der Waals surface area contributed by atoms with Gasteiger partial charge in [0.2, 0.25) is 0 Å². The van der Waals surface area contributed by atoms with E-state index in [2.05, 4.69) is 25.1 Å². The average Bonchev–Trinajstić information content (AvgIpc) is 2.46. The SMILES string of the molecule is Cc1coc2cc(CC(C)N)ccc12. The van der Waals surface area contributed by atoms with E-state index in [-0.39, 0.29) is 6.04 Å². The quantitative estimate of drug-likeness (QED) is 0.788. The summed E-state index contributed by atoms with van der Waals surface area (Å²) in [6.07, 6.45) is 2.69. The molecule has 2 N–H and O–H groups in total. The molecule has 2 rings (SSSR count). The molecule has 0 radical (unpaired) electrons. The summed E-state index contributed by atoms with van der Waals surface area (Å²) in [4.78, 5) is 0. The Morgan fingerprint density at radius 1 is 1.43 bits per heavy atom. The van der Waals surface area contributed by atoms with Gasteiger partial charge in [-0.05, 0) is 37.5 Å². The molecule has 0 saturated carbocycles. The van der Waals surface area contributed by atoms with E-state index in [0.29, 0.717) is 0 Å². The lowest BCUT2D eigenvalue weighted by Crippen LogP contribution is -2.17. The van der Waals surface area contributed by atoms with E-state index < -0.39 is 0 Å². The zero-order valence-corrected chi connectivity index (χ0v) is 8.58. The van der Waals surface area contributed by atoms with Gasteiger partial charge in [-0.15, -0.1) is 0 Å². The molecular formula is C12H15NO. The molecule has 0 aliphatic carbocycles. The van der Waals surface area contributed by atoms with Crippen LogP contribution < -0.4 is 5.73 Å². The van der Waals surface area contributed by atoms with E-state index in [1.165, 1.54) is 16.5 Å². The first-order valence-electron chi connectivity index (χ1n) is 4.89. The molecule has 74 valence electrons. The maximum absolute atomic E-state index is 5.74. The monoisotopic (exact) mass is 189 g/mol. The smallest absolute Gasteiger partial charge is 0.134 e. The molecule has 0 spiro atoms. The van der Waals surface area contributed by atoms with Crippen molar-refractivity contribution >= 4 is 11.0 Å². The third-order valence-electron chi connectivity index (χ3n) is 2.39. The van der Waals surface area contributed by atoms with Crippen LogP contribution in [-0.2, 0) is 6.42 Å². The van der Waals surface area contributed by atoms with Gasteiger partial charge in [0.05, 0.1) is 6.26 Å². The fourth-order valence-electron chi connectivity index (χ4n) is 1.70. The van der Waals surface area contributed by atoms with Gasteiger partial charge >= 0.3 is 0 Å². The van der Waals surface area contributed by atoms with Crippen LogP contribution in [0.2, 0.25) is 0 Å². The minimum absolute atomic E-state index is 0.198. The van der Waals surface area contributed by atoms with Gasteiger partial charge in [-0.25, -0.2) is 0 Å². The molecule has 1 aromatic heterocycles. The van der Waals surface area contributed by atoms with Gasteiger partial charge < -0.3 is 10.2 Å². The van der Waals surface area contributed by atoms with E-state index in [1.807, 2.05) is 6.92 Å². The van der Waals surface area contributed by atoms with Crippen LogP contribution in [0.1, 0.15) is 18.1 Å². The number of benzene rings is 1. The third-order valence-corrected chi connectivity index (χ3v) is 2.39. The van der Waals surface area contributed by atoms with Crippen molar-refractivity contribution in [2.24, 2.45) is 5.73 Å². The summed E-state index contributed by atoms with van der Waals surface area (Å²) < 4.78 is 5.43. The van der Waals surface area contributed by atoms with Gasteiger partial charge in [0.15, 0.2) is 0 Å². The van der Waals surface area contributed by atoms with E-state index in [4.69, 9.17) is 10.2 Å². The van der Waals surface area contributed by atoms with Crippen molar-refractivity contribution in [1.82, 2.24) is 0 Å². The number of rotatable bonds is 2. The van der Waals surface area contributed by atoms with Crippen molar-refractivity contribution < 1.29 is 4.42 Å². The Labute approximate surface area is 83.7 Å². The zero-order chi connectivity index (χ0) is 10.1. The minimum atomic E-state index is 0.198. The highest BCUT2D eigenvalue weighted by Gasteiger charge is 2.04. The van der Waals surface area contributed by atoms with Crippen molar-refractivity contribution in [2.75, 3.05) is 0 Å². The van der Waals surface area contributed by atoms with Crippen LogP contribution in [-0.4, -0.2) is 6.04 Å². The van der Waals surface area contributed by atoms with Crippen LogP contribution in [0.4, 0.5) is 0 Å². The lowest BCUT2D eigenvalue weighted by molar-refractivity contribution is 0.612. The van der Waals surface area contributed by atoms with Crippen molar-refractivity contribution in [2.45, 2.75) is 26.3 Å². The average molecular weight is 189 g/mol. The van der Waals surface area contributed by atoms with E-state index in [9.17, 15) is 0 Å². The Morgan fingerprint density at radius 2 is 2.21 bits per heavy atom. The van der Waals surface area contributed by atoms with Gasteiger partial charge in [-0.3, -0.25) is 0 Å². The molecule has 0 fully saturated rings. The first-order chi connectivity index (χ1) is 6.66. The Hall–Kier alpha value is -1.28. The molecule has 0 amide bonds. The lowest BCUT2D eigenvalue weighted by atomic mass is 10.1. The standard InChI is InChI=1S/C12H15NO/c1-8-7-14-12-6-10(5-9(2)13)3-4-11(8)12/h3-4,6-7,9H,5,13H2,1-2H3. The highest BCUT2D eigenvalue weighted by atomic mass is 16.3. The molecule has 1 aromatic carbocycles. The van der Waals surface area contributed by atoms with Crippen LogP contribution >= 0.6 is 0 Å². The van der Waals surface area contributed by atoms with Crippen molar-refractivity contribution in [3.05, 3.63) is 35.6 Å². The molecule has 1 unspecified atom stereocenters. The number of furan rings is 1. The van der Waals surface area contributed by atoms with Crippen LogP contribution in [0.25, 0.3) is 11.0 Å². The molecule has 1 heterocycles. The Balaban J connectivity index is 2.42. The van der Waals surface area contributed by atoms with Crippen LogP contribution in [0.5, 0.6) is 0 Å². The van der Waals surface area contributed by atoms with Gasteiger partial charge in [0.1, 0.15) is 5.58 Å². The molecule has 1 atom stereocenters. The summed E-state index contributed by atoms with van der Waals surface area (Å²) >= 11 is 0. The molecule has 2 nitrogen and oxygen atoms in total. The fourth-order valence-corrected chi connectivity index (χ4v) is 1.70. The predicted octanol–water partition coefficient (Wildman–Crippen LogP) is 2.63. The Morgan fingerprint density at radius 3 is 2.93 bits per heavy atom. The normalized spacial score (nSPS) is 13.4. The van der Waals surface area contributed by atoms with Crippen LogP contribution in [0, 0.1) is 6.92 Å². The van der Waals surface area contributed by atoms with Crippen LogP contribution in [0.15, 0.2) is 28.9 Å². The summed E-state index contributed by atoms with van der Waals surface area (Å²) in [7, 11) is 0. The van der Waals surface area contributed by atoms with E-state index >= 15 is 0 Å². The van der Waals surface area contributed by atoms with Crippen molar-refractivity contribution in [3.8, 4) is 0 Å². The summed E-state index contributed by atoms with van der Waals surface area (Å²) in [5, 5.41) is 1.19.